The van der Waals surface area contributed by atoms with Gasteiger partial charge in [0.05, 0.1) is 6.10 Å². The molecule has 2 N–H and O–H groups in total. The van der Waals surface area contributed by atoms with Crippen LogP contribution in [0.15, 0.2) is 0 Å². The molecule has 13 heavy (non-hydrogen) atoms. The van der Waals surface area contributed by atoms with Gasteiger partial charge in [-0.15, -0.1) is 0 Å². The van der Waals surface area contributed by atoms with Crippen LogP contribution in [0.4, 0.5) is 0 Å². The number of aliphatic hydroxyl groups excluding tert-OH is 1. The van der Waals surface area contributed by atoms with E-state index in [-0.39, 0.29) is 6.10 Å². The zero-order chi connectivity index (χ0) is 9.68. The van der Waals surface area contributed by atoms with Crippen molar-refractivity contribution in [1.82, 2.24) is 10.2 Å². The summed E-state index contributed by atoms with van der Waals surface area (Å²) < 4.78 is 0. The fourth-order valence-corrected chi connectivity index (χ4v) is 1.86. The Hall–Kier alpha value is -0.120. The van der Waals surface area contributed by atoms with E-state index in [1.807, 2.05) is 6.92 Å². The van der Waals surface area contributed by atoms with Crippen molar-refractivity contribution in [2.24, 2.45) is 0 Å². The second kappa shape index (κ2) is 5.58. The zero-order valence-electron chi connectivity index (χ0n) is 8.79. The van der Waals surface area contributed by atoms with Crippen LogP contribution < -0.4 is 5.32 Å². The molecule has 1 saturated heterocycles. The fraction of sp³-hybridized carbons (Fsp3) is 1.00. The summed E-state index contributed by atoms with van der Waals surface area (Å²) in [6.07, 6.45) is 3.76. The van der Waals surface area contributed by atoms with E-state index in [2.05, 4.69) is 17.3 Å². The van der Waals surface area contributed by atoms with Gasteiger partial charge in [-0.2, -0.15) is 0 Å². The van der Waals surface area contributed by atoms with Crippen molar-refractivity contribution in [3.63, 3.8) is 0 Å². The lowest BCUT2D eigenvalue weighted by Gasteiger charge is -2.32. The summed E-state index contributed by atoms with van der Waals surface area (Å²) in [5.41, 5.74) is 0. The summed E-state index contributed by atoms with van der Waals surface area (Å²) in [7, 11) is 2.19. The molecular weight excluding hydrogens is 164 g/mol. The quantitative estimate of drug-likeness (QED) is 0.669. The molecule has 1 aliphatic rings. The number of nitrogens with zero attached hydrogens (tertiary/aromatic N) is 1. The summed E-state index contributed by atoms with van der Waals surface area (Å²) in [5.74, 6) is 0. The molecule has 78 valence electrons. The molecule has 2 unspecified atom stereocenters. The van der Waals surface area contributed by atoms with Gasteiger partial charge in [0, 0.05) is 19.1 Å². The Morgan fingerprint density at radius 1 is 1.54 bits per heavy atom. The third kappa shape index (κ3) is 4.07. The van der Waals surface area contributed by atoms with Crippen molar-refractivity contribution in [3.05, 3.63) is 0 Å². The minimum Gasteiger partial charge on any atom is -0.392 e. The van der Waals surface area contributed by atoms with Gasteiger partial charge in [0.15, 0.2) is 0 Å². The SMILES string of the molecule is CC(O)CNCC1CCCCN1C. The van der Waals surface area contributed by atoms with E-state index in [0.29, 0.717) is 12.6 Å². The van der Waals surface area contributed by atoms with Crippen LogP contribution in [0.2, 0.25) is 0 Å². The molecule has 0 spiro atoms. The average molecular weight is 186 g/mol. The lowest BCUT2D eigenvalue weighted by atomic mass is 10.0. The van der Waals surface area contributed by atoms with Crippen molar-refractivity contribution >= 4 is 0 Å². The summed E-state index contributed by atoms with van der Waals surface area (Å²) in [6, 6.07) is 0.674. The molecule has 0 amide bonds. The summed E-state index contributed by atoms with van der Waals surface area (Å²) in [4.78, 5) is 2.42. The van der Waals surface area contributed by atoms with Gasteiger partial charge in [-0.05, 0) is 33.4 Å². The van der Waals surface area contributed by atoms with Gasteiger partial charge < -0.3 is 15.3 Å². The minimum absolute atomic E-state index is 0.228. The molecule has 1 rings (SSSR count). The molecule has 0 radical (unpaired) electrons. The lowest BCUT2D eigenvalue weighted by Crippen LogP contribution is -2.44. The van der Waals surface area contributed by atoms with E-state index in [1.165, 1.54) is 25.8 Å². The Labute approximate surface area is 81.1 Å². The molecule has 0 aliphatic carbocycles. The molecule has 0 aromatic heterocycles. The highest BCUT2D eigenvalue weighted by Crippen LogP contribution is 2.13. The fourth-order valence-electron chi connectivity index (χ4n) is 1.86. The van der Waals surface area contributed by atoms with Crippen molar-refractivity contribution < 1.29 is 5.11 Å². The van der Waals surface area contributed by atoms with Crippen LogP contribution in [0.1, 0.15) is 26.2 Å². The molecule has 1 heterocycles. The van der Waals surface area contributed by atoms with Gasteiger partial charge in [-0.3, -0.25) is 0 Å². The molecule has 0 aromatic rings. The number of hydrogen-bond acceptors (Lipinski definition) is 3. The van der Waals surface area contributed by atoms with Gasteiger partial charge in [-0.1, -0.05) is 6.42 Å². The van der Waals surface area contributed by atoms with Crippen LogP contribution in [-0.2, 0) is 0 Å². The minimum atomic E-state index is -0.228. The Balaban J connectivity index is 2.11. The molecule has 2 atom stereocenters. The third-order valence-electron chi connectivity index (χ3n) is 2.74. The molecule has 1 fully saturated rings. The number of likely N-dealkylation sites (tertiary alicyclic amines) is 1. The number of aliphatic hydroxyl groups is 1. The van der Waals surface area contributed by atoms with Crippen LogP contribution in [-0.4, -0.2) is 48.8 Å². The van der Waals surface area contributed by atoms with E-state index < -0.39 is 0 Å². The smallest absolute Gasteiger partial charge is 0.0636 e. The Kier molecular flexibility index (Phi) is 4.70. The highest BCUT2D eigenvalue weighted by molar-refractivity contribution is 4.76. The van der Waals surface area contributed by atoms with Crippen molar-refractivity contribution in [2.45, 2.75) is 38.3 Å². The molecule has 0 aromatic carbocycles. The highest BCUT2D eigenvalue weighted by Gasteiger charge is 2.17. The largest absolute Gasteiger partial charge is 0.392 e. The van der Waals surface area contributed by atoms with E-state index in [4.69, 9.17) is 5.11 Å². The molecule has 3 heteroatoms. The lowest BCUT2D eigenvalue weighted by molar-refractivity contribution is 0.162. The number of piperidine rings is 1. The predicted octanol–water partition coefficient (Wildman–Crippen LogP) is 0.441. The first-order valence-corrected chi connectivity index (χ1v) is 5.29. The van der Waals surface area contributed by atoms with Crippen molar-refractivity contribution in [2.75, 3.05) is 26.7 Å². The number of hydrogen-bond donors (Lipinski definition) is 2. The van der Waals surface area contributed by atoms with Gasteiger partial charge in [0.1, 0.15) is 0 Å². The number of likely N-dealkylation sites (N-methyl/N-ethyl adjacent to an activating group) is 1. The van der Waals surface area contributed by atoms with Crippen LogP contribution in [0, 0.1) is 0 Å². The molecule has 3 nitrogen and oxygen atoms in total. The Morgan fingerprint density at radius 2 is 2.31 bits per heavy atom. The summed E-state index contributed by atoms with van der Waals surface area (Å²) >= 11 is 0. The molecular formula is C10H22N2O. The Morgan fingerprint density at radius 3 is 2.92 bits per heavy atom. The third-order valence-corrected chi connectivity index (χ3v) is 2.74. The van der Waals surface area contributed by atoms with E-state index in [9.17, 15) is 0 Å². The van der Waals surface area contributed by atoms with Gasteiger partial charge in [-0.25, -0.2) is 0 Å². The topological polar surface area (TPSA) is 35.5 Å². The van der Waals surface area contributed by atoms with E-state index in [0.717, 1.165) is 6.54 Å². The van der Waals surface area contributed by atoms with Crippen LogP contribution >= 0.6 is 0 Å². The molecule has 0 bridgehead atoms. The van der Waals surface area contributed by atoms with Gasteiger partial charge in [0.25, 0.3) is 0 Å². The van der Waals surface area contributed by atoms with Gasteiger partial charge >= 0.3 is 0 Å². The first-order valence-electron chi connectivity index (χ1n) is 5.29. The summed E-state index contributed by atoms with van der Waals surface area (Å²) in [5, 5.41) is 12.4. The first-order chi connectivity index (χ1) is 6.20. The van der Waals surface area contributed by atoms with E-state index >= 15 is 0 Å². The number of nitrogens with one attached hydrogen (secondary N) is 1. The standard InChI is InChI=1S/C10H22N2O/c1-9(13)7-11-8-10-5-3-4-6-12(10)2/h9-11,13H,3-8H2,1-2H3. The first kappa shape index (κ1) is 11.0. The van der Waals surface area contributed by atoms with Crippen molar-refractivity contribution in [3.8, 4) is 0 Å². The van der Waals surface area contributed by atoms with Crippen LogP contribution in [0.5, 0.6) is 0 Å². The second-order valence-corrected chi connectivity index (χ2v) is 4.14. The van der Waals surface area contributed by atoms with Crippen molar-refractivity contribution in [1.29, 1.82) is 0 Å². The predicted molar refractivity (Wildman–Crippen MR) is 54.8 cm³/mol. The highest BCUT2D eigenvalue weighted by atomic mass is 16.3. The molecule has 0 saturated carbocycles. The zero-order valence-corrected chi connectivity index (χ0v) is 8.79. The maximum atomic E-state index is 9.07. The van der Waals surface area contributed by atoms with Crippen LogP contribution in [0.25, 0.3) is 0 Å². The Bertz CT molecular complexity index is 139. The average Bonchev–Trinajstić information content (AvgIpc) is 2.08. The normalized spacial score (nSPS) is 27.5. The summed E-state index contributed by atoms with van der Waals surface area (Å²) in [6.45, 7) is 4.77. The van der Waals surface area contributed by atoms with Crippen LogP contribution in [0.3, 0.4) is 0 Å². The maximum absolute atomic E-state index is 9.07. The van der Waals surface area contributed by atoms with Gasteiger partial charge in [0.2, 0.25) is 0 Å². The molecule has 1 aliphatic heterocycles. The number of rotatable bonds is 4. The monoisotopic (exact) mass is 186 g/mol. The second-order valence-electron chi connectivity index (χ2n) is 4.14. The maximum Gasteiger partial charge on any atom is 0.0636 e. The van der Waals surface area contributed by atoms with E-state index in [1.54, 1.807) is 0 Å².